The molecule has 6 heteroatoms. The number of nitrogens with zero attached hydrogens (tertiary/aromatic N) is 2. The maximum absolute atomic E-state index is 12.1. The third-order valence-electron chi connectivity index (χ3n) is 3.31. The van der Waals surface area contributed by atoms with Gasteiger partial charge in [-0.25, -0.2) is 4.98 Å². The second-order valence-electron chi connectivity index (χ2n) is 4.70. The van der Waals surface area contributed by atoms with Crippen LogP contribution < -0.4 is 10.9 Å². The van der Waals surface area contributed by atoms with Gasteiger partial charge in [0.25, 0.3) is 11.5 Å². The molecule has 1 saturated carbocycles. The molecule has 3 rings (SSSR count). The van der Waals surface area contributed by atoms with Crippen LogP contribution in [0.2, 0.25) is 0 Å². The first-order valence-corrected chi connectivity index (χ1v) is 6.10. The van der Waals surface area contributed by atoms with Gasteiger partial charge in [-0.2, -0.15) is 0 Å². The number of amides is 1. The summed E-state index contributed by atoms with van der Waals surface area (Å²) in [5.41, 5.74) is 0.135. The summed E-state index contributed by atoms with van der Waals surface area (Å²) in [5, 5.41) is 11.9. The van der Waals surface area contributed by atoms with Gasteiger partial charge in [0.15, 0.2) is 0 Å². The molecule has 1 fully saturated rings. The van der Waals surface area contributed by atoms with E-state index in [9.17, 15) is 9.59 Å². The van der Waals surface area contributed by atoms with E-state index in [1.807, 2.05) is 0 Å². The molecule has 6 nitrogen and oxygen atoms in total. The topological polar surface area (TPSA) is 83.7 Å². The van der Waals surface area contributed by atoms with Gasteiger partial charge in [-0.3, -0.25) is 14.0 Å². The predicted octanol–water partition coefficient (Wildman–Crippen LogP) is -0.0524. The molecular formula is C13H13N3O3. The lowest BCUT2D eigenvalue weighted by Gasteiger charge is -2.31. The van der Waals surface area contributed by atoms with Gasteiger partial charge in [0.05, 0.1) is 6.10 Å². The van der Waals surface area contributed by atoms with Crippen molar-refractivity contribution in [2.24, 2.45) is 0 Å². The van der Waals surface area contributed by atoms with E-state index in [0.717, 1.165) is 0 Å². The Hall–Kier alpha value is -2.21. The number of hydrogen-bond acceptors (Lipinski definition) is 4. The van der Waals surface area contributed by atoms with Crippen molar-refractivity contribution < 1.29 is 9.90 Å². The van der Waals surface area contributed by atoms with E-state index in [1.54, 1.807) is 24.4 Å². The molecule has 98 valence electrons. The Morgan fingerprint density at radius 3 is 2.95 bits per heavy atom. The summed E-state index contributed by atoms with van der Waals surface area (Å²) in [4.78, 5) is 28.2. The van der Waals surface area contributed by atoms with Crippen molar-refractivity contribution in [2.45, 2.75) is 25.0 Å². The number of carbonyl (C=O) groups excluding carboxylic acids is 1. The molecule has 0 aromatic carbocycles. The molecule has 0 aliphatic heterocycles. The minimum Gasteiger partial charge on any atom is -0.393 e. The highest BCUT2D eigenvalue weighted by molar-refractivity contribution is 5.94. The zero-order valence-corrected chi connectivity index (χ0v) is 10.1. The Morgan fingerprint density at radius 2 is 2.21 bits per heavy atom. The minimum absolute atomic E-state index is 0.0186. The quantitative estimate of drug-likeness (QED) is 0.792. The molecule has 0 unspecified atom stereocenters. The van der Waals surface area contributed by atoms with E-state index in [-0.39, 0.29) is 23.3 Å². The number of hydrogen-bond donors (Lipinski definition) is 2. The molecule has 0 radical (unpaired) electrons. The molecule has 2 heterocycles. The molecule has 2 aromatic heterocycles. The average molecular weight is 259 g/mol. The molecule has 19 heavy (non-hydrogen) atoms. The number of aromatic nitrogens is 2. The lowest BCUT2D eigenvalue weighted by molar-refractivity contribution is 0.0562. The number of aliphatic hydroxyl groups is 1. The van der Waals surface area contributed by atoms with Gasteiger partial charge in [-0.1, -0.05) is 6.07 Å². The lowest BCUT2D eigenvalue weighted by atomic mass is 9.89. The Balaban J connectivity index is 1.90. The second-order valence-corrected chi connectivity index (χ2v) is 4.70. The first-order chi connectivity index (χ1) is 9.15. The number of pyridine rings is 1. The summed E-state index contributed by atoms with van der Waals surface area (Å²) in [6.07, 6.45) is 3.60. The van der Waals surface area contributed by atoms with Crippen LogP contribution in [0.15, 0.2) is 35.4 Å². The molecule has 0 bridgehead atoms. The van der Waals surface area contributed by atoms with Crippen LogP contribution in [0.5, 0.6) is 0 Å². The normalized spacial score (nSPS) is 21.9. The van der Waals surface area contributed by atoms with E-state index >= 15 is 0 Å². The first-order valence-electron chi connectivity index (χ1n) is 6.10. The van der Waals surface area contributed by atoms with Crippen molar-refractivity contribution in [1.82, 2.24) is 14.7 Å². The summed E-state index contributed by atoms with van der Waals surface area (Å²) in [7, 11) is 0. The molecule has 1 aliphatic carbocycles. The van der Waals surface area contributed by atoms with Gasteiger partial charge in [-0.05, 0) is 25.0 Å². The second kappa shape index (κ2) is 4.47. The van der Waals surface area contributed by atoms with Crippen molar-refractivity contribution >= 4 is 11.6 Å². The summed E-state index contributed by atoms with van der Waals surface area (Å²) in [6, 6.07) is 5.13. The van der Waals surface area contributed by atoms with E-state index in [1.165, 1.54) is 10.6 Å². The minimum atomic E-state index is -0.437. The monoisotopic (exact) mass is 259 g/mol. The van der Waals surface area contributed by atoms with Crippen molar-refractivity contribution in [1.29, 1.82) is 0 Å². The van der Waals surface area contributed by atoms with E-state index in [4.69, 9.17) is 5.11 Å². The smallest absolute Gasteiger partial charge is 0.270 e. The Morgan fingerprint density at radius 1 is 1.42 bits per heavy atom. The van der Waals surface area contributed by atoms with Crippen LogP contribution in [0.25, 0.3) is 5.65 Å². The van der Waals surface area contributed by atoms with Gasteiger partial charge in [0.1, 0.15) is 11.2 Å². The van der Waals surface area contributed by atoms with Crippen molar-refractivity contribution in [2.75, 3.05) is 0 Å². The molecule has 1 aliphatic rings. The highest BCUT2D eigenvalue weighted by Crippen LogP contribution is 2.19. The fourth-order valence-corrected chi connectivity index (χ4v) is 2.15. The van der Waals surface area contributed by atoms with E-state index in [2.05, 4.69) is 10.3 Å². The standard InChI is InChI=1S/C13H13N3O3/c17-9-5-8(6-9)15-12(18)10-7-14-11-3-1-2-4-16(11)13(10)19/h1-4,7-9,17H,5-6H2,(H,15,18). The SMILES string of the molecule is O=C(NC1CC(O)C1)c1cnc2ccccn2c1=O. The number of nitrogens with one attached hydrogen (secondary N) is 1. The van der Waals surface area contributed by atoms with Gasteiger partial charge in [0, 0.05) is 18.4 Å². The van der Waals surface area contributed by atoms with Gasteiger partial charge in [-0.15, -0.1) is 0 Å². The number of aliphatic hydroxyl groups excluding tert-OH is 1. The number of fused-ring (bicyclic) bond motifs is 1. The van der Waals surface area contributed by atoms with Crippen LogP contribution in [0, 0.1) is 0 Å². The Kier molecular flexibility index (Phi) is 2.79. The molecule has 0 atom stereocenters. The van der Waals surface area contributed by atoms with Gasteiger partial charge >= 0.3 is 0 Å². The Bertz CT molecular complexity index is 689. The summed E-state index contributed by atoms with van der Waals surface area (Å²) in [6.45, 7) is 0. The highest BCUT2D eigenvalue weighted by Gasteiger charge is 2.29. The van der Waals surface area contributed by atoms with Crippen LogP contribution in [0.1, 0.15) is 23.2 Å². The van der Waals surface area contributed by atoms with Crippen LogP contribution in [0.3, 0.4) is 0 Å². The molecule has 0 spiro atoms. The van der Waals surface area contributed by atoms with E-state index in [0.29, 0.717) is 18.5 Å². The van der Waals surface area contributed by atoms with Gasteiger partial charge < -0.3 is 10.4 Å². The molecule has 0 saturated heterocycles. The van der Waals surface area contributed by atoms with Crippen molar-refractivity contribution in [3.63, 3.8) is 0 Å². The third kappa shape index (κ3) is 2.10. The van der Waals surface area contributed by atoms with Crippen LogP contribution in [0.4, 0.5) is 0 Å². The van der Waals surface area contributed by atoms with E-state index < -0.39 is 5.91 Å². The molecular weight excluding hydrogens is 246 g/mol. The average Bonchev–Trinajstić information content (AvgIpc) is 2.37. The summed E-state index contributed by atoms with van der Waals surface area (Å²) in [5.74, 6) is -0.437. The fourth-order valence-electron chi connectivity index (χ4n) is 2.15. The van der Waals surface area contributed by atoms with Crippen LogP contribution in [-0.4, -0.2) is 32.5 Å². The summed E-state index contributed by atoms with van der Waals surface area (Å²) < 4.78 is 1.34. The largest absolute Gasteiger partial charge is 0.393 e. The molecule has 2 N–H and O–H groups in total. The number of rotatable bonds is 2. The fraction of sp³-hybridized carbons (Fsp3) is 0.308. The number of carbonyl (C=O) groups is 1. The predicted molar refractivity (Wildman–Crippen MR) is 68.0 cm³/mol. The zero-order valence-electron chi connectivity index (χ0n) is 10.1. The maximum atomic E-state index is 12.1. The van der Waals surface area contributed by atoms with Crippen LogP contribution in [-0.2, 0) is 0 Å². The third-order valence-corrected chi connectivity index (χ3v) is 3.31. The van der Waals surface area contributed by atoms with Crippen molar-refractivity contribution in [3.8, 4) is 0 Å². The first kappa shape index (κ1) is 11.9. The highest BCUT2D eigenvalue weighted by atomic mass is 16.3. The van der Waals surface area contributed by atoms with Gasteiger partial charge in [0.2, 0.25) is 0 Å². The Labute approximate surface area is 108 Å². The maximum Gasteiger partial charge on any atom is 0.270 e. The van der Waals surface area contributed by atoms with Crippen molar-refractivity contribution in [3.05, 3.63) is 46.5 Å². The zero-order chi connectivity index (χ0) is 13.4. The lowest BCUT2D eigenvalue weighted by Crippen LogP contribution is -2.47. The molecule has 2 aromatic rings. The molecule has 1 amide bonds. The summed E-state index contributed by atoms with van der Waals surface area (Å²) >= 11 is 0. The van der Waals surface area contributed by atoms with Crippen LogP contribution >= 0.6 is 0 Å².